The molecule has 0 aliphatic rings. The van der Waals surface area contributed by atoms with Crippen molar-refractivity contribution >= 4 is 0 Å². The Morgan fingerprint density at radius 1 is 1.05 bits per heavy atom. The summed E-state index contributed by atoms with van der Waals surface area (Å²) in [6.45, 7) is 0.0918. The fraction of sp³-hybridized carbons (Fsp3) is 0.455. The van der Waals surface area contributed by atoms with Gasteiger partial charge in [-0.05, 0) is 18.1 Å². The molecule has 1 aromatic rings. The Kier molecular flexibility index (Phi) is 3.99. The summed E-state index contributed by atoms with van der Waals surface area (Å²) in [6, 6.07) is 1.25. The molecule has 0 atom stereocenters. The molecule has 0 aliphatic carbocycles. The van der Waals surface area contributed by atoms with Gasteiger partial charge in [0.1, 0.15) is 0 Å². The first-order chi connectivity index (χ1) is 8.86. The Morgan fingerprint density at radius 3 is 1.85 bits per heavy atom. The minimum Gasteiger partial charge on any atom is -0.872 e. The Balaban J connectivity index is 3.73. The Bertz CT molecular complexity index is 492. The van der Waals surface area contributed by atoms with E-state index in [0.29, 0.717) is 6.07 Å². The van der Waals surface area contributed by atoms with Crippen molar-refractivity contribution in [3.05, 3.63) is 28.8 Å². The molecular formula is C11H9F6O3-. The number of halogens is 6. The van der Waals surface area contributed by atoms with Gasteiger partial charge in [0.15, 0.2) is 0 Å². The van der Waals surface area contributed by atoms with Gasteiger partial charge in [0, 0.05) is 0 Å². The van der Waals surface area contributed by atoms with Crippen molar-refractivity contribution in [2.24, 2.45) is 0 Å². The van der Waals surface area contributed by atoms with E-state index in [1.807, 2.05) is 0 Å². The monoisotopic (exact) mass is 303 g/mol. The van der Waals surface area contributed by atoms with Crippen molar-refractivity contribution < 1.29 is 41.7 Å². The second kappa shape index (κ2) is 4.81. The minimum atomic E-state index is -6.13. The largest absolute Gasteiger partial charge is 0.872 e. The summed E-state index contributed by atoms with van der Waals surface area (Å²) < 4.78 is 76.0. The van der Waals surface area contributed by atoms with Crippen LogP contribution in [0.2, 0.25) is 0 Å². The van der Waals surface area contributed by atoms with Crippen molar-refractivity contribution in [3.8, 4) is 5.75 Å². The lowest BCUT2D eigenvalue weighted by Crippen LogP contribution is -2.54. The quantitative estimate of drug-likeness (QED) is 0.820. The number of rotatable bonds is 2. The van der Waals surface area contributed by atoms with Crippen LogP contribution < -0.4 is 5.11 Å². The van der Waals surface area contributed by atoms with Crippen LogP contribution in [0.15, 0.2) is 12.1 Å². The predicted molar refractivity (Wildman–Crippen MR) is 52.6 cm³/mol. The van der Waals surface area contributed by atoms with Crippen molar-refractivity contribution in [1.82, 2.24) is 0 Å². The fourth-order valence-corrected chi connectivity index (χ4v) is 1.70. The first-order valence-electron chi connectivity index (χ1n) is 5.14. The topological polar surface area (TPSA) is 63.5 Å². The van der Waals surface area contributed by atoms with E-state index in [1.54, 1.807) is 0 Å². The molecule has 0 aromatic heterocycles. The molecule has 1 aromatic carbocycles. The van der Waals surface area contributed by atoms with E-state index < -0.39 is 41.4 Å². The van der Waals surface area contributed by atoms with Crippen LogP contribution in [0.25, 0.3) is 0 Å². The molecule has 0 unspecified atom stereocenters. The standard InChI is InChI=1S/C11H10F6O3/c1-5-2-6(4-18)8(19)7(3-5)9(20,10(12,13)14)11(15,16)17/h2-3,18-20H,4H2,1H3/p-1. The van der Waals surface area contributed by atoms with E-state index in [-0.39, 0.29) is 5.56 Å². The molecule has 0 radical (unpaired) electrons. The Morgan fingerprint density at radius 2 is 1.50 bits per heavy atom. The van der Waals surface area contributed by atoms with Crippen LogP contribution in [0.3, 0.4) is 0 Å². The first kappa shape index (κ1) is 16.6. The van der Waals surface area contributed by atoms with E-state index in [0.717, 1.165) is 13.0 Å². The van der Waals surface area contributed by atoms with Crippen LogP contribution in [0.5, 0.6) is 5.75 Å². The molecule has 0 spiro atoms. The summed E-state index contributed by atoms with van der Waals surface area (Å²) in [7, 11) is 0. The van der Waals surface area contributed by atoms with E-state index in [2.05, 4.69) is 0 Å². The lowest BCUT2D eigenvalue weighted by Gasteiger charge is -2.36. The third-order valence-corrected chi connectivity index (χ3v) is 2.69. The Hall–Kier alpha value is -1.48. The van der Waals surface area contributed by atoms with Crippen LogP contribution in [-0.2, 0) is 12.2 Å². The van der Waals surface area contributed by atoms with E-state index in [4.69, 9.17) is 10.2 Å². The van der Waals surface area contributed by atoms with Gasteiger partial charge in [-0.15, -0.1) is 0 Å². The molecule has 0 saturated carbocycles. The third kappa shape index (κ3) is 2.42. The number of hydrogen-bond donors (Lipinski definition) is 2. The molecule has 114 valence electrons. The molecule has 1 rings (SSSR count). The summed E-state index contributed by atoms with van der Waals surface area (Å²) in [5.74, 6) is -1.70. The lowest BCUT2D eigenvalue weighted by molar-refractivity contribution is -0.381. The molecule has 0 heterocycles. The second-order valence-corrected chi connectivity index (χ2v) is 4.16. The normalized spacial score (nSPS) is 13.7. The highest BCUT2D eigenvalue weighted by Gasteiger charge is 2.71. The van der Waals surface area contributed by atoms with Gasteiger partial charge < -0.3 is 15.3 Å². The number of hydrogen-bond acceptors (Lipinski definition) is 3. The number of aliphatic hydroxyl groups excluding tert-OH is 1. The van der Waals surface area contributed by atoms with Crippen LogP contribution in [-0.4, -0.2) is 22.6 Å². The van der Waals surface area contributed by atoms with Gasteiger partial charge in [0.25, 0.3) is 5.60 Å². The molecular weight excluding hydrogens is 294 g/mol. The highest BCUT2D eigenvalue weighted by atomic mass is 19.4. The summed E-state index contributed by atoms with van der Waals surface area (Å²) in [4.78, 5) is 0. The second-order valence-electron chi connectivity index (χ2n) is 4.16. The van der Waals surface area contributed by atoms with Gasteiger partial charge in [0.05, 0.1) is 6.61 Å². The molecule has 2 N–H and O–H groups in total. The summed E-state index contributed by atoms with van der Waals surface area (Å²) >= 11 is 0. The first-order valence-corrected chi connectivity index (χ1v) is 5.14. The Labute approximate surface area is 109 Å². The number of aliphatic hydroxyl groups is 2. The number of benzene rings is 1. The van der Waals surface area contributed by atoms with Gasteiger partial charge >= 0.3 is 12.4 Å². The predicted octanol–water partition coefficient (Wildman–Crippen LogP) is 1.87. The zero-order chi connectivity index (χ0) is 15.9. The SMILES string of the molecule is Cc1cc(CO)c([O-])c(C(O)(C(F)(F)F)C(F)(F)F)c1. The number of alkyl halides is 6. The molecule has 0 fully saturated rings. The van der Waals surface area contributed by atoms with Crippen molar-refractivity contribution in [2.75, 3.05) is 0 Å². The van der Waals surface area contributed by atoms with Crippen LogP contribution in [0, 0.1) is 6.92 Å². The van der Waals surface area contributed by atoms with Gasteiger partial charge in [-0.25, -0.2) is 0 Å². The third-order valence-electron chi connectivity index (χ3n) is 2.69. The van der Waals surface area contributed by atoms with E-state index in [1.165, 1.54) is 0 Å². The molecule has 0 aliphatic heterocycles. The zero-order valence-electron chi connectivity index (χ0n) is 9.93. The van der Waals surface area contributed by atoms with Crippen molar-refractivity contribution in [1.29, 1.82) is 0 Å². The zero-order valence-corrected chi connectivity index (χ0v) is 9.93. The summed E-state index contributed by atoms with van der Waals surface area (Å²) in [5, 5.41) is 29.5. The number of aryl methyl sites for hydroxylation is 1. The van der Waals surface area contributed by atoms with E-state index in [9.17, 15) is 31.4 Å². The maximum absolute atomic E-state index is 12.7. The maximum Gasteiger partial charge on any atom is 0.430 e. The molecule has 9 heteroatoms. The lowest BCUT2D eigenvalue weighted by atomic mass is 9.88. The van der Waals surface area contributed by atoms with Gasteiger partial charge in [-0.1, -0.05) is 23.4 Å². The molecule has 0 saturated heterocycles. The average molecular weight is 303 g/mol. The average Bonchev–Trinajstić information content (AvgIpc) is 2.27. The minimum absolute atomic E-state index is 0.129. The van der Waals surface area contributed by atoms with E-state index >= 15 is 0 Å². The van der Waals surface area contributed by atoms with Gasteiger partial charge in [-0.3, -0.25) is 0 Å². The molecule has 0 bridgehead atoms. The van der Waals surface area contributed by atoms with Crippen LogP contribution >= 0.6 is 0 Å². The maximum atomic E-state index is 12.7. The summed E-state index contributed by atoms with van der Waals surface area (Å²) in [5.41, 5.74) is -7.95. The summed E-state index contributed by atoms with van der Waals surface area (Å²) in [6.07, 6.45) is -12.3. The van der Waals surface area contributed by atoms with Crippen LogP contribution in [0.1, 0.15) is 16.7 Å². The van der Waals surface area contributed by atoms with Crippen molar-refractivity contribution in [2.45, 2.75) is 31.5 Å². The fourth-order valence-electron chi connectivity index (χ4n) is 1.70. The van der Waals surface area contributed by atoms with Crippen molar-refractivity contribution in [3.63, 3.8) is 0 Å². The molecule has 0 amide bonds. The van der Waals surface area contributed by atoms with Gasteiger partial charge in [0.2, 0.25) is 0 Å². The van der Waals surface area contributed by atoms with Gasteiger partial charge in [-0.2, -0.15) is 26.3 Å². The highest BCUT2D eigenvalue weighted by Crippen LogP contribution is 2.52. The smallest absolute Gasteiger partial charge is 0.430 e. The molecule has 20 heavy (non-hydrogen) atoms. The molecule has 3 nitrogen and oxygen atoms in total. The van der Waals surface area contributed by atoms with Crippen LogP contribution in [0.4, 0.5) is 26.3 Å². The highest BCUT2D eigenvalue weighted by molar-refractivity contribution is 5.47.